The first-order chi connectivity index (χ1) is 12.2. The maximum absolute atomic E-state index is 11.6. The van der Waals surface area contributed by atoms with Crippen molar-refractivity contribution in [2.24, 2.45) is 0 Å². The number of carboxylic acid groups (broad SMARTS) is 2. The Hall–Kier alpha value is -1.83. The predicted molar refractivity (Wildman–Crippen MR) is 83.2 cm³/mol. The third-order valence-electron chi connectivity index (χ3n) is 4.51. The lowest BCUT2D eigenvalue weighted by molar-refractivity contribution is -0.141. The molecule has 1 saturated carbocycles. The second kappa shape index (κ2) is 8.70. The molecule has 26 heavy (non-hydrogen) atoms. The van der Waals surface area contributed by atoms with Gasteiger partial charge in [0.15, 0.2) is 0 Å². The van der Waals surface area contributed by atoms with Gasteiger partial charge in [-0.15, -0.1) is 0 Å². The van der Waals surface area contributed by atoms with E-state index in [-0.39, 0.29) is 6.61 Å². The average molecular weight is 377 g/mol. The number of cyclic esters (lactones) is 1. The van der Waals surface area contributed by atoms with Gasteiger partial charge in [0.25, 0.3) is 0 Å². The first-order valence-corrected chi connectivity index (χ1v) is 8.09. The van der Waals surface area contributed by atoms with Crippen LogP contribution in [0.3, 0.4) is 0 Å². The van der Waals surface area contributed by atoms with Gasteiger partial charge in [-0.1, -0.05) is 0 Å². The van der Waals surface area contributed by atoms with Gasteiger partial charge in [-0.2, -0.15) is 0 Å². The number of esters is 1. The van der Waals surface area contributed by atoms with Crippen LogP contribution in [-0.4, -0.2) is 106 Å². The predicted octanol–water partition coefficient (Wildman–Crippen LogP) is -4.56. The third-order valence-corrected chi connectivity index (χ3v) is 4.51. The van der Waals surface area contributed by atoms with Gasteiger partial charge in [0.2, 0.25) is 0 Å². The van der Waals surface area contributed by atoms with Crippen LogP contribution in [0.1, 0.15) is 6.42 Å². The Morgan fingerprint density at radius 1 is 0.923 bits per heavy atom. The summed E-state index contributed by atoms with van der Waals surface area (Å²) < 4.78 is 4.81. The van der Waals surface area contributed by atoms with Crippen LogP contribution >= 0.6 is 0 Å². The van der Waals surface area contributed by atoms with Crippen molar-refractivity contribution in [1.82, 2.24) is 16.0 Å². The van der Waals surface area contributed by atoms with Crippen molar-refractivity contribution >= 4 is 17.9 Å². The highest BCUT2D eigenvalue weighted by molar-refractivity contribution is 5.77. The van der Waals surface area contributed by atoms with E-state index < -0.39 is 73.5 Å². The fourth-order valence-electron chi connectivity index (χ4n) is 3.25. The maximum atomic E-state index is 11.6. The number of rotatable bonds is 8. The number of carboxylic acids is 2. The van der Waals surface area contributed by atoms with Crippen molar-refractivity contribution < 1.29 is 44.7 Å². The monoisotopic (exact) mass is 377 g/mol. The molecule has 0 radical (unpaired) electrons. The van der Waals surface area contributed by atoms with Crippen LogP contribution in [0.15, 0.2) is 0 Å². The van der Waals surface area contributed by atoms with E-state index >= 15 is 0 Å². The second-order valence-corrected chi connectivity index (χ2v) is 6.27. The molecule has 1 heterocycles. The number of carbonyl (C=O) groups is 3. The summed E-state index contributed by atoms with van der Waals surface area (Å²) in [6.07, 6.45) is -4.06. The molecule has 2 fully saturated rings. The summed E-state index contributed by atoms with van der Waals surface area (Å²) in [7, 11) is 0. The first-order valence-electron chi connectivity index (χ1n) is 8.09. The van der Waals surface area contributed by atoms with E-state index in [9.17, 15) is 29.7 Å². The van der Waals surface area contributed by atoms with Crippen LogP contribution in [0.5, 0.6) is 0 Å². The smallest absolute Gasteiger partial charge is 0.323 e. The molecule has 1 aliphatic carbocycles. The summed E-state index contributed by atoms with van der Waals surface area (Å²) in [5, 5.41) is 56.7. The summed E-state index contributed by atoms with van der Waals surface area (Å²) in [5.41, 5.74) is 0. The van der Waals surface area contributed by atoms with Gasteiger partial charge in [0.05, 0.1) is 56.1 Å². The Kier molecular flexibility index (Phi) is 6.86. The van der Waals surface area contributed by atoms with Crippen molar-refractivity contribution in [3.63, 3.8) is 0 Å². The lowest BCUT2D eigenvalue weighted by Crippen LogP contribution is -2.74. The molecule has 1 aliphatic heterocycles. The molecule has 8 N–H and O–H groups in total. The van der Waals surface area contributed by atoms with Crippen molar-refractivity contribution in [3.8, 4) is 0 Å². The van der Waals surface area contributed by atoms with E-state index in [0.717, 1.165) is 0 Å². The van der Waals surface area contributed by atoms with Gasteiger partial charge in [-0.05, 0) is 0 Å². The van der Waals surface area contributed by atoms with Crippen molar-refractivity contribution in [2.45, 2.75) is 48.9 Å². The zero-order chi connectivity index (χ0) is 19.4. The molecule has 5 unspecified atom stereocenters. The zero-order valence-electron chi connectivity index (χ0n) is 13.7. The highest BCUT2D eigenvalue weighted by atomic mass is 16.5. The van der Waals surface area contributed by atoms with E-state index in [1.807, 2.05) is 0 Å². The Morgan fingerprint density at radius 2 is 1.38 bits per heavy atom. The quantitative estimate of drug-likeness (QED) is 0.189. The van der Waals surface area contributed by atoms with Gasteiger partial charge in [0.1, 0.15) is 6.04 Å². The Morgan fingerprint density at radius 3 is 1.77 bits per heavy atom. The van der Waals surface area contributed by atoms with Gasteiger partial charge < -0.3 is 30.3 Å². The molecule has 0 aromatic heterocycles. The minimum atomic E-state index is -1.48. The van der Waals surface area contributed by atoms with E-state index in [2.05, 4.69) is 16.0 Å². The molecular formula is C14H23N3O9. The fraction of sp³-hybridized carbons (Fsp3) is 0.786. The van der Waals surface area contributed by atoms with Gasteiger partial charge in [-0.25, -0.2) is 0 Å². The minimum Gasteiger partial charge on any atom is -0.480 e. The molecule has 148 valence electrons. The largest absolute Gasteiger partial charge is 0.480 e. The molecule has 2 aliphatic rings. The molecule has 2 rings (SSSR count). The van der Waals surface area contributed by atoms with Gasteiger partial charge in [-0.3, -0.25) is 30.3 Å². The number of hydrogen-bond acceptors (Lipinski definition) is 10. The van der Waals surface area contributed by atoms with Gasteiger partial charge in [0, 0.05) is 6.42 Å². The number of aliphatic carboxylic acids is 2. The molecular weight excluding hydrogens is 354 g/mol. The highest BCUT2D eigenvalue weighted by Crippen LogP contribution is 2.23. The van der Waals surface area contributed by atoms with Crippen LogP contribution in [-0.2, 0) is 19.1 Å². The Balaban J connectivity index is 2.18. The molecule has 1 saturated heterocycles. The lowest BCUT2D eigenvalue weighted by atomic mass is 9.79. The van der Waals surface area contributed by atoms with E-state index in [1.54, 1.807) is 0 Å². The highest BCUT2D eigenvalue weighted by Gasteiger charge is 2.50. The number of aliphatic hydroxyl groups excluding tert-OH is 3. The number of ether oxygens (including phenoxy) is 1. The second-order valence-electron chi connectivity index (χ2n) is 6.27. The SMILES string of the molecule is O=C(O)CNC1C(O)C(NCC(=O)O)C(O)C(NC2CCOC2=O)C1O. The molecule has 0 amide bonds. The fourth-order valence-corrected chi connectivity index (χ4v) is 3.25. The average Bonchev–Trinajstić information content (AvgIpc) is 2.95. The van der Waals surface area contributed by atoms with Crippen LogP contribution < -0.4 is 16.0 Å². The maximum Gasteiger partial charge on any atom is 0.323 e. The number of nitrogens with one attached hydrogen (secondary N) is 3. The molecule has 0 aromatic rings. The van der Waals surface area contributed by atoms with Crippen molar-refractivity contribution in [2.75, 3.05) is 19.7 Å². The van der Waals surface area contributed by atoms with Crippen molar-refractivity contribution in [1.29, 1.82) is 0 Å². The van der Waals surface area contributed by atoms with E-state index in [1.165, 1.54) is 0 Å². The van der Waals surface area contributed by atoms with E-state index in [4.69, 9.17) is 14.9 Å². The molecule has 12 heteroatoms. The molecule has 0 spiro atoms. The Labute approximate surface area is 148 Å². The van der Waals surface area contributed by atoms with Gasteiger partial charge >= 0.3 is 17.9 Å². The summed E-state index contributed by atoms with van der Waals surface area (Å²) >= 11 is 0. The standard InChI is InChI=1S/C14H23N3O9/c18-6(19)3-15-8-11(22)9(16-4-7(20)21)13(24)10(12(8)23)17-5-1-2-26-14(5)25/h5,8-13,15-17,22-24H,1-4H2,(H,18,19)(H,20,21). The minimum absolute atomic E-state index is 0.180. The van der Waals surface area contributed by atoms with Crippen LogP contribution in [0.2, 0.25) is 0 Å². The number of hydrogen-bond donors (Lipinski definition) is 8. The number of carbonyl (C=O) groups excluding carboxylic acids is 1. The zero-order valence-corrected chi connectivity index (χ0v) is 13.7. The van der Waals surface area contributed by atoms with E-state index in [0.29, 0.717) is 6.42 Å². The van der Waals surface area contributed by atoms with Crippen LogP contribution in [0.25, 0.3) is 0 Å². The molecule has 0 bridgehead atoms. The summed E-state index contributed by atoms with van der Waals surface area (Å²) in [5.74, 6) is -3.01. The third kappa shape index (κ3) is 4.66. The summed E-state index contributed by atoms with van der Waals surface area (Å²) in [4.78, 5) is 33.2. The lowest BCUT2D eigenvalue weighted by Gasteiger charge is -2.47. The molecule has 0 aromatic carbocycles. The first kappa shape index (κ1) is 20.5. The molecule has 5 atom stereocenters. The van der Waals surface area contributed by atoms with Crippen molar-refractivity contribution in [3.05, 3.63) is 0 Å². The Bertz CT molecular complexity index is 514. The molecule has 12 nitrogen and oxygen atoms in total. The topological polar surface area (TPSA) is 198 Å². The normalized spacial score (nSPS) is 37.3. The summed E-state index contributed by atoms with van der Waals surface area (Å²) in [6.45, 7) is -0.961. The van der Waals surface area contributed by atoms with Crippen LogP contribution in [0.4, 0.5) is 0 Å². The van der Waals surface area contributed by atoms with Crippen LogP contribution in [0, 0.1) is 0 Å². The summed E-state index contributed by atoms with van der Waals surface area (Å²) in [6, 6.07) is -4.28. The number of aliphatic hydroxyl groups is 3.